The number of carbonyl (C=O) groups excluding carboxylic acids is 4. The van der Waals surface area contributed by atoms with Crippen molar-refractivity contribution in [2.45, 2.75) is 82.8 Å². The Morgan fingerprint density at radius 2 is 0.914 bits per heavy atom. The van der Waals surface area contributed by atoms with Crippen LogP contribution in [-0.2, 0) is 56.7 Å². The first kappa shape index (κ1) is 54.0. The van der Waals surface area contributed by atoms with Gasteiger partial charge in [-0.15, -0.1) is 19.3 Å². The number of ether oxygens (including phenoxy) is 6. The molecule has 17 nitrogen and oxygen atoms in total. The van der Waals surface area contributed by atoms with Crippen molar-refractivity contribution < 1.29 is 61.6 Å². The number of carbonyl (C=O) groups is 4. The van der Waals surface area contributed by atoms with Crippen LogP contribution in [0.4, 0.5) is 0 Å². The Bertz CT molecular complexity index is 1290. The Kier molecular flexibility index (Phi) is 30.7. The van der Waals surface area contributed by atoms with Gasteiger partial charge >= 0.3 is 7.60 Å². The Labute approximate surface area is 344 Å². The third-order valence-electron chi connectivity index (χ3n) is 8.01. The van der Waals surface area contributed by atoms with Gasteiger partial charge in [0, 0.05) is 57.3 Å². The van der Waals surface area contributed by atoms with Crippen LogP contribution in [0.3, 0.4) is 0 Å². The van der Waals surface area contributed by atoms with E-state index in [0.717, 1.165) is 0 Å². The second-order valence-electron chi connectivity index (χ2n) is 13.8. The molecule has 0 heterocycles. The summed E-state index contributed by atoms with van der Waals surface area (Å²) in [6.45, 7) is 11.9. The quantitative estimate of drug-likeness (QED) is 0.0264. The van der Waals surface area contributed by atoms with Crippen molar-refractivity contribution in [3.05, 3.63) is 12.3 Å². The standard InChI is InChI=1S/C40H65N4O13P/c1-8-22-51-28-31-54-25-19-41-35(45)13-16-40(17-14-36(46)42-20-26-55-32-29-52-23-9-2,18-15-37(47)43-21-27-56-33-30-53-24-10-3)44-38(48)12-11-34(4)57-58(49,50)39(5,6)7/h1-3H,4,11-33H2,5-7H3,(H,41,45)(H,42,46)(H,43,47)(H,44,48)(H,49,50). The highest BCUT2D eigenvalue weighted by atomic mass is 31.2. The molecule has 0 aromatic carbocycles. The summed E-state index contributed by atoms with van der Waals surface area (Å²) >= 11 is 0. The molecule has 0 fully saturated rings. The molecule has 58 heavy (non-hydrogen) atoms. The number of rotatable bonds is 36. The fourth-order valence-corrected chi connectivity index (χ4v) is 5.41. The summed E-state index contributed by atoms with van der Waals surface area (Å²) in [5.74, 6) is 5.50. The lowest BCUT2D eigenvalue weighted by atomic mass is 9.83. The molecule has 18 heteroatoms. The normalized spacial score (nSPS) is 12.2. The second-order valence-corrected chi connectivity index (χ2v) is 16.4. The van der Waals surface area contributed by atoms with E-state index < -0.39 is 24.2 Å². The first-order valence-electron chi connectivity index (χ1n) is 19.2. The number of amides is 4. The molecule has 0 aromatic heterocycles. The molecule has 0 aromatic rings. The Morgan fingerprint density at radius 1 is 0.569 bits per heavy atom. The highest BCUT2D eigenvalue weighted by Gasteiger charge is 2.38. The zero-order chi connectivity index (χ0) is 43.5. The van der Waals surface area contributed by atoms with Gasteiger partial charge in [0.1, 0.15) is 19.8 Å². The maximum Gasteiger partial charge on any atom is 0.381 e. The van der Waals surface area contributed by atoms with E-state index in [9.17, 15) is 28.6 Å². The zero-order valence-corrected chi connectivity index (χ0v) is 35.4. The minimum Gasteiger partial charge on any atom is -0.429 e. The topological polar surface area (TPSA) is 218 Å². The molecule has 0 saturated heterocycles. The predicted octanol–water partition coefficient (Wildman–Crippen LogP) is 1.82. The Hall–Kier alpha value is -3.95. The van der Waals surface area contributed by atoms with E-state index in [4.69, 9.17) is 52.2 Å². The van der Waals surface area contributed by atoms with Gasteiger partial charge in [-0.3, -0.25) is 19.2 Å². The molecule has 0 rings (SSSR count). The highest BCUT2D eigenvalue weighted by Crippen LogP contribution is 2.56. The van der Waals surface area contributed by atoms with Crippen LogP contribution < -0.4 is 21.3 Å². The van der Waals surface area contributed by atoms with Crippen molar-refractivity contribution in [1.82, 2.24) is 21.3 Å². The molecule has 0 saturated carbocycles. The molecule has 0 aliphatic carbocycles. The lowest BCUT2D eigenvalue weighted by Crippen LogP contribution is -2.50. The van der Waals surface area contributed by atoms with Crippen LogP contribution in [-0.4, -0.2) is 138 Å². The van der Waals surface area contributed by atoms with Crippen molar-refractivity contribution in [3.8, 4) is 37.0 Å². The predicted molar refractivity (Wildman–Crippen MR) is 218 cm³/mol. The van der Waals surface area contributed by atoms with Gasteiger partial charge in [0.15, 0.2) is 0 Å². The summed E-state index contributed by atoms with van der Waals surface area (Å²) in [5, 5.41) is 10.2. The van der Waals surface area contributed by atoms with Crippen molar-refractivity contribution in [2.24, 2.45) is 0 Å². The third-order valence-corrected chi connectivity index (χ3v) is 10.2. The van der Waals surface area contributed by atoms with Crippen LogP contribution in [0, 0.1) is 37.0 Å². The molecule has 328 valence electrons. The summed E-state index contributed by atoms with van der Waals surface area (Å²) in [6, 6.07) is 0. The molecule has 0 radical (unpaired) electrons. The lowest BCUT2D eigenvalue weighted by molar-refractivity contribution is -0.127. The average Bonchev–Trinajstić information content (AvgIpc) is 3.17. The number of nitrogens with one attached hydrogen (secondary N) is 4. The van der Waals surface area contributed by atoms with E-state index in [2.05, 4.69) is 45.6 Å². The van der Waals surface area contributed by atoms with Gasteiger partial charge in [0.05, 0.1) is 70.4 Å². The second kappa shape index (κ2) is 32.9. The van der Waals surface area contributed by atoms with Crippen LogP contribution in [0.15, 0.2) is 12.3 Å². The van der Waals surface area contributed by atoms with E-state index in [1.807, 2.05) is 0 Å². The molecular formula is C40H65N4O13P. The first-order chi connectivity index (χ1) is 27.6. The number of hydrogen-bond acceptors (Lipinski definition) is 12. The van der Waals surface area contributed by atoms with Crippen LogP contribution in [0.25, 0.3) is 0 Å². The van der Waals surface area contributed by atoms with Crippen LogP contribution in [0.2, 0.25) is 0 Å². The maximum atomic E-state index is 13.5. The van der Waals surface area contributed by atoms with Gasteiger partial charge in [-0.1, -0.05) is 24.3 Å². The van der Waals surface area contributed by atoms with E-state index in [1.165, 1.54) is 0 Å². The summed E-state index contributed by atoms with van der Waals surface area (Å²) < 4.78 is 49.7. The molecule has 4 amide bonds. The van der Waals surface area contributed by atoms with E-state index in [-0.39, 0.29) is 134 Å². The summed E-state index contributed by atoms with van der Waals surface area (Å²) in [4.78, 5) is 62.9. The van der Waals surface area contributed by atoms with Crippen LogP contribution in [0.5, 0.6) is 0 Å². The van der Waals surface area contributed by atoms with E-state index >= 15 is 0 Å². The minimum atomic E-state index is -4.09. The minimum absolute atomic E-state index is 0.0564. The first-order valence-corrected chi connectivity index (χ1v) is 20.8. The third kappa shape index (κ3) is 29.3. The number of hydrogen-bond donors (Lipinski definition) is 5. The molecule has 1 atom stereocenters. The van der Waals surface area contributed by atoms with Crippen molar-refractivity contribution >= 4 is 31.2 Å². The van der Waals surface area contributed by atoms with Crippen LogP contribution in [0.1, 0.15) is 72.1 Å². The summed E-state index contributed by atoms with van der Waals surface area (Å²) in [5.41, 5.74) is -1.20. The van der Waals surface area contributed by atoms with Gasteiger partial charge in [-0.05, 0) is 40.0 Å². The SMILES string of the molecule is C#CCOCCOCCNC(=O)CCC(CCC(=O)NCCOCCOCC#C)(CCC(=O)NCCOCCOCC#C)NC(=O)CCC(=C)OP(=O)(O)C(C)(C)C. The van der Waals surface area contributed by atoms with Crippen molar-refractivity contribution in [2.75, 3.05) is 98.9 Å². The summed E-state index contributed by atoms with van der Waals surface area (Å²) in [6.07, 6.45) is 15.2. The molecular weight excluding hydrogens is 775 g/mol. The largest absolute Gasteiger partial charge is 0.429 e. The van der Waals surface area contributed by atoms with Crippen LogP contribution >= 0.6 is 7.60 Å². The van der Waals surface area contributed by atoms with Gasteiger partial charge in [0.2, 0.25) is 23.6 Å². The van der Waals surface area contributed by atoms with Gasteiger partial charge in [-0.2, -0.15) is 0 Å². The Morgan fingerprint density at radius 3 is 1.24 bits per heavy atom. The zero-order valence-electron chi connectivity index (χ0n) is 34.5. The molecule has 1 unspecified atom stereocenters. The monoisotopic (exact) mass is 840 g/mol. The van der Waals surface area contributed by atoms with Crippen molar-refractivity contribution in [1.29, 1.82) is 0 Å². The average molecular weight is 841 g/mol. The summed E-state index contributed by atoms with van der Waals surface area (Å²) in [7, 11) is -4.09. The fraction of sp³-hybridized carbons (Fsp3) is 0.700. The lowest BCUT2D eigenvalue weighted by Gasteiger charge is -2.35. The number of allylic oxidation sites excluding steroid dienone is 1. The van der Waals surface area contributed by atoms with Crippen molar-refractivity contribution in [3.63, 3.8) is 0 Å². The fourth-order valence-electron chi connectivity index (χ4n) is 4.70. The van der Waals surface area contributed by atoms with E-state index in [1.54, 1.807) is 20.8 Å². The molecule has 0 aliphatic rings. The maximum absolute atomic E-state index is 13.5. The molecule has 5 N–H and O–H groups in total. The van der Waals surface area contributed by atoms with Gasteiger partial charge in [0.25, 0.3) is 0 Å². The molecule has 0 aliphatic heterocycles. The van der Waals surface area contributed by atoms with Gasteiger partial charge < -0.3 is 59.1 Å². The highest BCUT2D eigenvalue weighted by molar-refractivity contribution is 7.54. The van der Waals surface area contributed by atoms with Gasteiger partial charge in [-0.25, -0.2) is 4.57 Å². The molecule has 0 spiro atoms. The smallest absolute Gasteiger partial charge is 0.381 e. The number of terminal acetylenes is 3. The molecule has 0 bridgehead atoms. The van der Waals surface area contributed by atoms with E-state index in [0.29, 0.717) is 39.6 Å². The Balaban J connectivity index is 5.80.